The largest absolute Gasteiger partial charge is 0.281 e. The van der Waals surface area contributed by atoms with E-state index in [9.17, 15) is 4.79 Å². The minimum absolute atomic E-state index is 0.285. The Morgan fingerprint density at radius 2 is 1.85 bits per heavy atom. The van der Waals surface area contributed by atoms with Crippen LogP contribution in [-0.4, -0.2) is 10.6 Å². The Bertz CT molecular complexity index is 282. The normalized spacial score (nSPS) is 15.0. The molecule has 0 amide bonds. The van der Waals surface area contributed by atoms with Crippen molar-refractivity contribution < 1.29 is 4.79 Å². The van der Waals surface area contributed by atoms with Crippen molar-refractivity contribution in [1.82, 2.24) is 0 Å². The van der Waals surface area contributed by atoms with Gasteiger partial charge in [-0.05, 0) is 24.1 Å². The van der Waals surface area contributed by atoms with Gasteiger partial charge in [0.25, 0.3) is 0 Å². The molecule has 0 aliphatic rings. The Morgan fingerprint density at radius 3 is 2.23 bits per heavy atom. The maximum atomic E-state index is 11.1. The molecule has 13 heavy (non-hydrogen) atoms. The van der Waals surface area contributed by atoms with Gasteiger partial charge in [0.15, 0.2) is 0 Å². The fourth-order valence-corrected chi connectivity index (χ4v) is 1.88. The molecule has 0 saturated carbocycles. The van der Waals surface area contributed by atoms with E-state index >= 15 is 0 Å². The van der Waals surface area contributed by atoms with E-state index in [-0.39, 0.29) is 5.38 Å². The lowest BCUT2D eigenvalue weighted by molar-refractivity contribution is -0.112. The van der Waals surface area contributed by atoms with E-state index in [0.29, 0.717) is 0 Å². The summed E-state index contributed by atoms with van der Waals surface area (Å²) in [5, 5.41) is -0.693. The molecular weight excluding hydrogens is 207 g/mol. The van der Waals surface area contributed by atoms with Crippen LogP contribution in [0.25, 0.3) is 0 Å². The quantitative estimate of drug-likeness (QED) is 0.561. The highest BCUT2D eigenvalue weighted by atomic mass is 35.5. The molecule has 0 unspecified atom stereocenters. The molecular formula is C10H10Cl2O. The average molecular weight is 217 g/mol. The molecule has 2 atom stereocenters. The third-order valence-corrected chi connectivity index (χ3v) is 2.35. The minimum Gasteiger partial charge on any atom is -0.281 e. The van der Waals surface area contributed by atoms with Crippen LogP contribution >= 0.6 is 23.2 Å². The van der Waals surface area contributed by atoms with Crippen LogP contribution in [0, 0.1) is 0 Å². The molecule has 70 valence electrons. The van der Waals surface area contributed by atoms with Gasteiger partial charge in [-0.15, -0.1) is 11.6 Å². The van der Waals surface area contributed by atoms with E-state index < -0.39 is 11.2 Å². The van der Waals surface area contributed by atoms with Crippen LogP contribution < -0.4 is 0 Å². The number of hydrogen-bond donors (Lipinski definition) is 0. The van der Waals surface area contributed by atoms with Gasteiger partial charge in [-0.2, -0.15) is 0 Å². The summed E-state index contributed by atoms with van der Waals surface area (Å²) in [6.45, 7) is 1.76. The van der Waals surface area contributed by atoms with Crippen LogP contribution in [0.5, 0.6) is 0 Å². The molecule has 3 heteroatoms. The van der Waals surface area contributed by atoms with Crippen molar-refractivity contribution in [1.29, 1.82) is 0 Å². The van der Waals surface area contributed by atoms with Crippen LogP contribution in [0.15, 0.2) is 30.3 Å². The van der Waals surface area contributed by atoms with Gasteiger partial charge in [0, 0.05) is 5.38 Å². The molecule has 0 radical (unpaired) electrons. The summed E-state index contributed by atoms with van der Waals surface area (Å²) in [6.07, 6.45) is 0. The Hall–Kier alpha value is -0.530. The summed E-state index contributed by atoms with van der Waals surface area (Å²) in [5.41, 5.74) is 0.866. The Balaban J connectivity index is 2.96. The molecule has 1 rings (SSSR count). The summed E-state index contributed by atoms with van der Waals surface area (Å²) in [6, 6.07) is 9.31. The molecule has 0 bridgehead atoms. The van der Waals surface area contributed by atoms with Crippen LogP contribution in [0.3, 0.4) is 0 Å². The maximum Gasteiger partial charge on any atom is 0.230 e. The Morgan fingerprint density at radius 1 is 1.31 bits per heavy atom. The van der Waals surface area contributed by atoms with Gasteiger partial charge in [0.05, 0.1) is 5.92 Å². The summed E-state index contributed by atoms with van der Waals surface area (Å²) >= 11 is 11.3. The van der Waals surface area contributed by atoms with Gasteiger partial charge in [-0.1, -0.05) is 30.3 Å². The van der Waals surface area contributed by atoms with Gasteiger partial charge in [0.2, 0.25) is 5.24 Å². The number of halogens is 2. The highest BCUT2D eigenvalue weighted by Crippen LogP contribution is 2.25. The molecule has 0 heterocycles. The van der Waals surface area contributed by atoms with Crippen LogP contribution in [-0.2, 0) is 4.79 Å². The monoisotopic (exact) mass is 216 g/mol. The molecule has 0 aromatic heterocycles. The highest BCUT2D eigenvalue weighted by molar-refractivity contribution is 6.65. The Kier molecular flexibility index (Phi) is 3.76. The van der Waals surface area contributed by atoms with Crippen molar-refractivity contribution >= 4 is 28.4 Å². The molecule has 1 aromatic rings. The number of carbonyl (C=O) groups is 1. The van der Waals surface area contributed by atoms with Gasteiger partial charge in [-0.25, -0.2) is 0 Å². The predicted molar refractivity (Wildman–Crippen MR) is 55.4 cm³/mol. The van der Waals surface area contributed by atoms with Crippen molar-refractivity contribution in [2.24, 2.45) is 0 Å². The van der Waals surface area contributed by atoms with Gasteiger partial charge in [0.1, 0.15) is 0 Å². The summed E-state index contributed by atoms with van der Waals surface area (Å²) < 4.78 is 0. The first-order chi connectivity index (χ1) is 6.13. The zero-order valence-corrected chi connectivity index (χ0v) is 8.72. The molecule has 0 N–H and O–H groups in total. The second kappa shape index (κ2) is 4.64. The van der Waals surface area contributed by atoms with Crippen molar-refractivity contribution in [3.8, 4) is 0 Å². The first kappa shape index (κ1) is 10.6. The standard InChI is InChI=1S/C10H10Cl2O/c1-7(11)9(10(12)13)8-5-3-2-4-6-8/h2-7,9H,1H3/t7-,9+/m0/s1. The third-order valence-electron chi connectivity index (χ3n) is 1.86. The van der Waals surface area contributed by atoms with E-state index in [0.717, 1.165) is 5.56 Å². The lowest BCUT2D eigenvalue weighted by Gasteiger charge is -2.14. The topological polar surface area (TPSA) is 17.1 Å². The molecule has 0 aliphatic heterocycles. The van der Waals surface area contributed by atoms with Crippen molar-refractivity contribution in [3.05, 3.63) is 35.9 Å². The average Bonchev–Trinajstić information content (AvgIpc) is 2.04. The number of benzene rings is 1. The molecule has 1 nitrogen and oxygen atoms in total. The fraction of sp³-hybridized carbons (Fsp3) is 0.300. The molecule has 0 spiro atoms. The zero-order valence-electron chi connectivity index (χ0n) is 7.21. The second-order valence-electron chi connectivity index (χ2n) is 2.87. The smallest absolute Gasteiger partial charge is 0.230 e. The van der Waals surface area contributed by atoms with Gasteiger partial charge >= 0.3 is 0 Å². The highest BCUT2D eigenvalue weighted by Gasteiger charge is 2.23. The summed E-state index contributed by atoms with van der Waals surface area (Å²) in [4.78, 5) is 11.1. The van der Waals surface area contributed by atoms with E-state index in [2.05, 4.69) is 0 Å². The number of carbonyl (C=O) groups excluding carboxylic acids is 1. The van der Waals surface area contributed by atoms with Crippen molar-refractivity contribution in [2.75, 3.05) is 0 Å². The van der Waals surface area contributed by atoms with Crippen LogP contribution in [0.2, 0.25) is 0 Å². The number of hydrogen-bond acceptors (Lipinski definition) is 1. The lowest BCUT2D eigenvalue weighted by Crippen LogP contribution is -2.15. The summed E-state index contributed by atoms with van der Waals surface area (Å²) in [5.74, 6) is -0.412. The third kappa shape index (κ3) is 2.71. The Labute approximate surface area is 87.7 Å². The zero-order chi connectivity index (χ0) is 9.84. The SMILES string of the molecule is C[C@H](Cl)[C@@H](C(=O)Cl)c1ccccc1. The van der Waals surface area contributed by atoms with Crippen LogP contribution in [0.4, 0.5) is 0 Å². The fourth-order valence-electron chi connectivity index (χ4n) is 1.24. The molecule has 0 fully saturated rings. The maximum absolute atomic E-state index is 11.1. The second-order valence-corrected chi connectivity index (χ2v) is 3.93. The molecule has 0 saturated heterocycles. The molecule has 1 aromatic carbocycles. The van der Waals surface area contributed by atoms with Crippen LogP contribution in [0.1, 0.15) is 18.4 Å². The van der Waals surface area contributed by atoms with E-state index in [1.807, 2.05) is 30.3 Å². The predicted octanol–water partition coefficient (Wildman–Crippen LogP) is 3.16. The first-order valence-corrected chi connectivity index (χ1v) is 4.82. The van der Waals surface area contributed by atoms with E-state index in [4.69, 9.17) is 23.2 Å². The van der Waals surface area contributed by atoms with Crippen molar-refractivity contribution in [3.63, 3.8) is 0 Å². The van der Waals surface area contributed by atoms with E-state index in [1.54, 1.807) is 6.92 Å². The number of rotatable bonds is 3. The minimum atomic E-state index is -0.412. The number of alkyl halides is 1. The van der Waals surface area contributed by atoms with Gasteiger partial charge < -0.3 is 0 Å². The van der Waals surface area contributed by atoms with Gasteiger partial charge in [-0.3, -0.25) is 4.79 Å². The first-order valence-electron chi connectivity index (χ1n) is 4.01. The van der Waals surface area contributed by atoms with Crippen molar-refractivity contribution in [2.45, 2.75) is 18.2 Å². The summed E-state index contributed by atoms with van der Waals surface area (Å²) in [7, 11) is 0. The molecule has 0 aliphatic carbocycles. The lowest BCUT2D eigenvalue weighted by atomic mass is 9.98. The van der Waals surface area contributed by atoms with E-state index in [1.165, 1.54) is 0 Å².